The number of aromatic amines is 1. The SMILES string of the molecule is COc1ccc(OC)c(-c2cc(C(=O)N/N=C(\C)c3ccc(OC)c(OC)c3)[nH]n2)c1. The van der Waals surface area contributed by atoms with Crippen LogP contribution in [0, 0.1) is 0 Å². The third-order valence-electron chi connectivity index (χ3n) is 4.63. The number of amides is 1. The average molecular weight is 424 g/mol. The molecule has 2 aromatic carbocycles. The van der Waals surface area contributed by atoms with Crippen molar-refractivity contribution in [3.63, 3.8) is 0 Å². The third-order valence-corrected chi connectivity index (χ3v) is 4.63. The Bertz CT molecular complexity index is 1110. The molecule has 0 atom stereocenters. The molecule has 162 valence electrons. The zero-order valence-corrected chi connectivity index (χ0v) is 18.0. The van der Waals surface area contributed by atoms with Crippen LogP contribution in [0.4, 0.5) is 0 Å². The van der Waals surface area contributed by atoms with Crippen LogP contribution in [0.5, 0.6) is 23.0 Å². The van der Waals surface area contributed by atoms with Crippen LogP contribution in [0.1, 0.15) is 23.0 Å². The molecule has 0 aliphatic rings. The minimum absolute atomic E-state index is 0.253. The standard InChI is InChI=1S/C22H24N4O5/c1-13(14-6-8-20(30-4)21(10-14)31-5)23-26-22(27)18-12-17(24-25-18)16-11-15(28-2)7-9-19(16)29-3/h6-12H,1-5H3,(H,24,25)(H,26,27)/b23-13+. The van der Waals surface area contributed by atoms with Crippen molar-refractivity contribution < 1.29 is 23.7 Å². The molecule has 0 aliphatic heterocycles. The summed E-state index contributed by atoms with van der Waals surface area (Å²) < 4.78 is 21.2. The molecule has 9 nitrogen and oxygen atoms in total. The molecule has 0 aliphatic carbocycles. The van der Waals surface area contributed by atoms with Gasteiger partial charge in [0.15, 0.2) is 11.5 Å². The van der Waals surface area contributed by atoms with E-state index < -0.39 is 5.91 Å². The second-order valence-corrected chi connectivity index (χ2v) is 6.44. The summed E-state index contributed by atoms with van der Waals surface area (Å²) >= 11 is 0. The van der Waals surface area contributed by atoms with E-state index >= 15 is 0 Å². The van der Waals surface area contributed by atoms with Crippen molar-refractivity contribution >= 4 is 11.6 Å². The van der Waals surface area contributed by atoms with E-state index in [2.05, 4.69) is 20.7 Å². The summed E-state index contributed by atoms with van der Waals surface area (Å²) in [6.07, 6.45) is 0. The molecule has 0 bridgehead atoms. The number of carbonyl (C=O) groups is 1. The van der Waals surface area contributed by atoms with Crippen molar-refractivity contribution in [3.8, 4) is 34.3 Å². The summed E-state index contributed by atoms with van der Waals surface area (Å²) in [5.41, 5.74) is 5.40. The van der Waals surface area contributed by atoms with Crippen LogP contribution < -0.4 is 24.4 Å². The van der Waals surface area contributed by atoms with E-state index in [1.165, 1.54) is 0 Å². The zero-order valence-electron chi connectivity index (χ0n) is 18.0. The highest BCUT2D eigenvalue weighted by molar-refractivity contribution is 6.01. The maximum absolute atomic E-state index is 12.5. The number of ether oxygens (including phenoxy) is 4. The zero-order chi connectivity index (χ0) is 22.4. The van der Waals surface area contributed by atoms with E-state index in [9.17, 15) is 4.79 Å². The minimum atomic E-state index is -0.430. The van der Waals surface area contributed by atoms with Gasteiger partial charge < -0.3 is 18.9 Å². The lowest BCUT2D eigenvalue weighted by Gasteiger charge is -2.09. The molecule has 3 aromatic rings. The Morgan fingerprint density at radius 2 is 1.61 bits per heavy atom. The van der Waals surface area contributed by atoms with Gasteiger partial charge in [-0.2, -0.15) is 10.2 Å². The fraction of sp³-hybridized carbons (Fsp3) is 0.227. The molecule has 3 rings (SSSR count). The molecule has 0 saturated heterocycles. The predicted octanol–water partition coefficient (Wildman–Crippen LogP) is 3.27. The highest BCUT2D eigenvalue weighted by atomic mass is 16.5. The number of methoxy groups -OCH3 is 4. The Morgan fingerprint density at radius 3 is 2.29 bits per heavy atom. The van der Waals surface area contributed by atoms with Gasteiger partial charge in [-0.3, -0.25) is 9.89 Å². The number of rotatable bonds is 8. The second kappa shape index (κ2) is 9.66. The molecule has 9 heteroatoms. The molecular formula is C22H24N4O5. The van der Waals surface area contributed by atoms with Gasteiger partial charge in [-0.1, -0.05) is 0 Å². The number of nitrogens with zero attached hydrogens (tertiary/aromatic N) is 2. The van der Waals surface area contributed by atoms with Crippen LogP contribution >= 0.6 is 0 Å². The number of hydrogen-bond acceptors (Lipinski definition) is 7. The monoisotopic (exact) mass is 424 g/mol. The Hall–Kier alpha value is -4.01. The summed E-state index contributed by atoms with van der Waals surface area (Å²) in [6, 6.07) is 12.4. The molecule has 1 aromatic heterocycles. The molecule has 0 unspecified atom stereocenters. The van der Waals surface area contributed by atoms with Crippen LogP contribution in [0.2, 0.25) is 0 Å². The van der Waals surface area contributed by atoms with Gasteiger partial charge in [-0.05, 0) is 49.4 Å². The number of nitrogens with one attached hydrogen (secondary N) is 2. The lowest BCUT2D eigenvalue weighted by molar-refractivity contribution is 0.0950. The predicted molar refractivity (Wildman–Crippen MR) is 116 cm³/mol. The molecule has 1 heterocycles. The van der Waals surface area contributed by atoms with Gasteiger partial charge in [-0.25, -0.2) is 5.43 Å². The fourth-order valence-corrected chi connectivity index (χ4v) is 2.91. The van der Waals surface area contributed by atoms with Crippen LogP contribution in [0.25, 0.3) is 11.3 Å². The van der Waals surface area contributed by atoms with Crippen LogP contribution in [0.3, 0.4) is 0 Å². The van der Waals surface area contributed by atoms with Gasteiger partial charge in [0.25, 0.3) is 5.91 Å². The Kier molecular flexibility index (Phi) is 6.76. The van der Waals surface area contributed by atoms with E-state index in [-0.39, 0.29) is 5.69 Å². The highest BCUT2D eigenvalue weighted by Crippen LogP contribution is 2.32. The first-order valence-corrected chi connectivity index (χ1v) is 9.35. The summed E-state index contributed by atoms with van der Waals surface area (Å²) in [7, 11) is 6.27. The van der Waals surface area contributed by atoms with Crippen molar-refractivity contribution in [1.29, 1.82) is 0 Å². The maximum atomic E-state index is 12.5. The fourth-order valence-electron chi connectivity index (χ4n) is 2.91. The second-order valence-electron chi connectivity index (χ2n) is 6.44. The number of benzene rings is 2. The van der Waals surface area contributed by atoms with Crippen LogP contribution in [-0.4, -0.2) is 50.3 Å². The van der Waals surface area contributed by atoms with Crippen molar-refractivity contribution in [2.75, 3.05) is 28.4 Å². The van der Waals surface area contributed by atoms with Gasteiger partial charge in [0.05, 0.1) is 39.8 Å². The van der Waals surface area contributed by atoms with Gasteiger partial charge in [0.1, 0.15) is 17.2 Å². The first-order valence-electron chi connectivity index (χ1n) is 9.35. The largest absolute Gasteiger partial charge is 0.497 e. The molecule has 1 amide bonds. The summed E-state index contributed by atoms with van der Waals surface area (Å²) in [5, 5.41) is 11.1. The maximum Gasteiger partial charge on any atom is 0.289 e. The molecular weight excluding hydrogens is 400 g/mol. The average Bonchev–Trinajstić information content (AvgIpc) is 3.31. The Balaban J connectivity index is 1.77. The molecule has 0 saturated carbocycles. The van der Waals surface area contributed by atoms with E-state index in [1.54, 1.807) is 71.8 Å². The first-order chi connectivity index (χ1) is 15.0. The molecule has 2 N–H and O–H groups in total. The third kappa shape index (κ3) is 4.77. The molecule has 0 radical (unpaired) electrons. The van der Waals surface area contributed by atoms with Crippen LogP contribution in [0.15, 0.2) is 47.6 Å². The highest BCUT2D eigenvalue weighted by Gasteiger charge is 2.15. The van der Waals surface area contributed by atoms with E-state index in [0.29, 0.717) is 40.0 Å². The lowest BCUT2D eigenvalue weighted by atomic mass is 10.1. The van der Waals surface area contributed by atoms with Crippen molar-refractivity contribution in [2.24, 2.45) is 5.10 Å². The summed E-state index contributed by atoms with van der Waals surface area (Å²) in [5.74, 6) is 2.02. The van der Waals surface area contributed by atoms with E-state index in [1.807, 2.05) is 6.07 Å². The van der Waals surface area contributed by atoms with Gasteiger partial charge in [0.2, 0.25) is 0 Å². The molecule has 0 spiro atoms. The number of H-pyrrole nitrogens is 1. The molecule has 31 heavy (non-hydrogen) atoms. The Labute approximate surface area is 180 Å². The summed E-state index contributed by atoms with van der Waals surface area (Å²) in [6.45, 7) is 1.78. The van der Waals surface area contributed by atoms with Crippen molar-refractivity contribution in [3.05, 3.63) is 53.7 Å². The van der Waals surface area contributed by atoms with Gasteiger partial charge in [-0.15, -0.1) is 0 Å². The number of hydrazone groups is 1. The van der Waals surface area contributed by atoms with Crippen molar-refractivity contribution in [1.82, 2.24) is 15.6 Å². The van der Waals surface area contributed by atoms with E-state index in [4.69, 9.17) is 18.9 Å². The van der Waals surface area contributed by atoms with Crippen molar-refractivity contribution in [2.45, 2.75) is 6.92 Å². The van der Waals surface area contributed by atoms with Crippen LogP contribution in [-0.2, 0) is 0 Å². The number of aromatic nitrogens is 2. The number of carbonyl (C=O) groups excluding carboxylic acids is 1. The minimum Gasteiger partial charge on any atom is -0.497 e. The topological polar surface area (TPSA) is 107 Å². The Morgan fingerprint density at radius 1 is 0.903 bits per heavy atom. The van der Waals surface area contributed by atoms with E-state index in [0.717, 1.165) is 5.56 Å². The van der Waals surface area contributed by atoms with Gasteiger partial charge in [0, 0.05) is 11.1 Å². The quantitative estimate of drug-likeness (QED) is 0.425. The smallest absolute Gasteiger partial charge is 0.289 e. The van der Waals surface area contributed by atoms with Gasteiger partial charge >= 0.3 is 0 Å². The normalized spacial score (nSPS) is 11.1. The molecule has 0 fully saturated rings. The first kappa shape index (κ1) is 21.7. The lowest BCUT2D eigenvalue weighted by Crippen LogP contribution is -2.19. The summed E-state index contributed by atoms with van der Waals surface area (Å²) in [4.78, 5) is 12.5. The number of hydrogen-bond donors (Lipinski definition) is 2.